The first kappa shape index (κ1) is 22.6. The normalized spacial score (nSPS) is 13.0. The van der Waals surface area contributed by atoms with Crippen molar-refractivity contribution in [2.24, 2.45) is 13.0 Å². The van der Waals surface area contributed by atoms with Crippen LogP contribution in [-0.4, -0.2) is 13.3 Å². The fourth-order valence-electron chi connectivity index (χ4n) is 6.09. The molecular weight excluding hydrogens is 487 g/mol. The Labute approximate surface area is 210 Å². The van der Waals surface area contributed by atoms with Crippen LogP contribution >= 0.6 is 0 Å². The Hall–Kier alpha value is -2.85. The molecule has 176 valence electrons. The molecule has 0 radical (unpaired) electrons. The van der Waals surface area contributed by atoms with Gasteiger partial charge in [-0.15, -0.1) is 0 Å². The first-order valence-electron chi connectivity index (χ1n) is 12.8. The Morgan fingerprint density at radius 3 is 2.34 bits per heavy atom. The molecule has 1 aliphatic rings. The third-order valence-corrected chi connectivity index (χ3v) is 11.9. The molecule has 6 rings (SSSR count). The number of hydrogen-bond acceptors (Lipinski definition) is 1. The maximum absolute atomic E-state index is 6.96. The van der Waals surface area contributed by atoms with Crippen LogP contribution in [0.1, 0.15) is 25.0 Å². The number of fused-ring (bicyclic) bond motifs is 5. The van der Waals surface area contributed by atoms with Gasteiger partial charge in [0.05, 0.1) is 0 Å². The number of aromatic nitrogens is 1. The summed E-state index contributed by atoms with van der Waals surface area (Å²) in [5.41, 5.74) is 5.18. The fraction of sp³-hybridized carbons (Fsp3) is 0.281. The number of hydrogen-bond donors (Lipinski definition) is 0. The van der Waals surface area contributed by atoms with E-state index in [4.69, 9.17) is 4.74 Å². The second kappa shape index (κ2) is 7.83. The number of aryl methyl sites for hydroxylation is 2. The zero-order valence-electron chi connectivity index (χ0n) is 21.9. The van der Waals surface area contributed by atoms with Gasteiger partial charge in [0.2, 0.25) is 0 Å². The van der Waals surface area contributed by atoms with Crippen molar-refractivity contribution in [1.29, 1.82) is 0 Å². The van der Waals surface area contributed by atoms with Crippen LogP contribution in [0.15, 0.2) is 60.8 Å². The molecule has 0 aliphatic carbocycles. The third-order valence-electron chi connectivity index (χ3n) is 7.62. The number of nitrogens with zero attached hydrogens (tertiary/aromatic N) is 1. The van der Waals surface area contributed by atoms with Crippen LogP contribution in [-0.2, 0) is 13.5 Å². The molecule has 0 atom stereocenters. The van der Waals surface area contributed by atoms with E-state index in [0.29, 0.717) is 5.92 Å². The Balaban J connectivity index is 1.82. The van der Waals surface area contributed by atoms with Gasteiger partial charge in [0, 0.05) is 0 Å². The van der Waals surface area contributed by atoms with Crippen molar-refractivity contribution >= 4 is 50.0 Å². The van der Waals surface area contributed by atoms with Crippen LogP contribution in [0, 0.1) is 12.8 Å². The van der Waals surface area contributed by atoms with Gasteiger partial charge in [0.25, 0.3) is 0 Å². The Morgan fingerprint density at radius 1 is 0.886 bits per heavy atom. The summed E-state index contributed by atoms with van der Waals surface area (Å²) in [5.74, 6) is 10.1. The molecule has 4 aromatic carbocycles. The monoisotopic (exact) mass is 522 g/mol. The second-order valence-corrected chi connectivity index (χ2v) is 22.2. The molecule has 0 N–H and O–H groups in total. The molecule has 0 bridgehead atoms. The van der Waals surface area contributed by atoms with Crippen LogP contribution in [0.2, 0.25) is 17.3 Å². The average molecular weight is 521 g/mol. The summed E-state index contributed by atoms with van der Waals surface area (Å²) in [7, 11) is 2.18. The summed E-state index contributed by atoms with van der Waals surface area (Å²) >= 11 is -2.11. The van der Waals surface area contributed by atoms with Crippen LogP contribution in [0.5, 0.6) is 11.5 Å². The van der Waals surface area contributed by atoms with Gasteiger partial charge >= 0.3 is 211 Å². The molecule has 0 spiro atoms. The standard InChI is InChI=1S/C32H34GeNO/c1-19(2)17-25-23-13-9-8-12-22(23)20(3)28-31-30-24(15-16-34(31)7)29-21(18-27(30)35-32(25)28)11-10-14-26(29)33(4,5)6/h8-16,18-19H,17H2,1-7H3/q+1. The van der Waals surface area contributed by atoms with E-state index in [1.807, 2.05) is 0 Å². The molecule has 0 saturated carbocycles. The van der Waals surface area contributed by atoms with Crippen LogP contribution < -0.4 is 13.7 Å². The predicted molar refractivity (Wildman–Crippen MR) is 152 cm³/mol. The molecule has 5 aromatic rings. The van der Waals surface area contributed by atoms with Crippen LogP contribution in [0.4, 0.5) is 0 Å². The quantitative estimate of drug-likeness (QED) is 0.132. The minimum absolute atomic E-state index is 0.539. The van der Waals surface area contributed by atoms with E-state index >= 15 is 0 Å². The van der Waals surface area contributed by atoms with E-state index in [1.165, 1.54) is 54.7 Å². The topological polar surface area (TPSA) is 13.1 Å². The van der Waals surface area contributed by atoms with Crippen molar-refractivity contribution in [3.05, 3.63) is 71.9 Å². The summed E-state index contributed by atoms with van der Waals surface area (Å²) in [6, 6.07) is 20.3. The molecule has 1 aliphatic heterocycles. The molecule has 1 aromatic heterocycles. The summed E-state index contributed by atoms with van der Waals surface area (Å²) in [5, 5.41) is 7.94. The van der Waals surface area contributed by atoms with Crippen molar-refractivity contribution in [3.63, 3.8) is 0 Å². The van der Waals surface area contributed by atoms with Gasteiger partial charge in [-0.2, -0.15) is 0 Å². The molecule has 2 nitrogen and oxygen atoms in total. The maximum atomic E-state index is 6.96. The van der Waals surface area contributed by atoms with Crippen molar-refractivity contribution < 1.29 is 9.30 Å². The van der Waals surface area contributed by atoms with E-state index in [2.05, 4.69) is 110 Å². The SMILES string of the molecule is Cc1c2c(c(CC(C)C)c3ccccc13)Oc1cc3ccc[c]([Ge]([CH3])([CH3])[CH3])c3c3cc[n+](C)c-2c13. The van der Waals surface area contributed by atoms with Gasteiger partial charge in [-0.1, -0.05) is 0 Å². The van der Waals surface area contributed by atoms with Crippen molar-refractivity contribution in [2.45, 2.75) is 44.5 Å². The van der Waals surface area contributed by atoms with E-state index in [9.17, 15) is 0 Å². The molecule has 0 unspecified atom stereocenters. The Bertz CT molecular complexity index is 1670. The molecule has 0 saturated heterocycles. The summed E-state index contributed by atoms with van der Waals surface area (Å²) in [4.78, 5) is 0. The summed E-state index contributed by atoms with van der Waals surface area (Å²) < 4.78 is 10.8. The van der Waals surface area contributed by atoms with Crippen molar-refractivity contribution in [3.8, 4) is 22.8 Å². The van der Waals surface area contributed by atoms with E-state index in [0.717, 1.165) is 17.9 Å². The van der Waals surface area contributed by atoms with E-state index in [1.54, 1.807) is 4.40 Å². The van der Waals surface area contributed by atoms with Gasteiger partial charge in [-0.05, 0) is 0 Å². The molecule has 0 amide bonds. The molecule has 0 fully saturated rings. The molecule has 2 heterocycles. The molecular formula is C32H34GeNO+. The first-order valence-corrected chi connectivity index (χ1v) is 20.1. The van der Waals surface area contributed by atoms with Crippen LogP contribution in [0.3, 0.4) is 0 Å². The third kappa shape index (κ3) is 3.33. The van der Waals surface area contributed by atoms with Gasteiger partial charge in [-0.25, -0.2) is 0 Å². The average Bonchev–Trinajstić information content (AvgIpc) is 2.81. The van der Waals surface area contributed by atoms with Gasteiger partial charge in [0.15, 0.2) is 0 Å². The zero-order valence-corrected chi connectivity index (χ0v) is 24.0. The first-order chi connectivity index (χ1) is 16.7. The van der Waals surface area contributed by atoms with Gasteiger partial charge < -0.3 is 0 Å². The Kier molecular flexibility index (Phi) is 5.06. The summed E-state index contributed by atoms with van der Waals surface area (Å²) in [6.07, 6.45) is 3.24. The van der Waals surface area contributed by atoms with E-state index < -0.39 is 13.3 Å². The van der Waals surface area contributed by atoms with Gasteiger partial charge in [-0.3, -0.25) is 0 Å². The number of ether oxygens (including phenoxy) is 1. The van der Waals surface area contributed by atoms with Crippen molar-refractivity contribution in [1.82, 2.24) is 0 Å². The second-order valence-electron chi connectivity index (χ2n) is 11.6. The summed E-state index contributed by atoms with van der Waals surface area (Å²) in [6.45, 7) is 6.86. The minimum atomic E-state index is -2.11. The Morgan fingerprint density at radius 2 is 1.63 bits per heavy atom. The predicted octanol–water partition coefficient (Wildman–Crippen LogP) is 7.80. The van der Waals surface area contributed by atoms with Gasteiger partial charge in [0.1, 0.15) is 0 Å². The number of benzene rings is 4. The molecule has 3 heteroatoms. The number of pyridine rings is 1. The van der Waals surface area contributed by atoms with E-state index in [-0.39, 0.29) is 0 Å². The fourth-order valence-corrected chi connectivity index (χ4v) is 9.50. The van der Waals surface area contributed by atoms with Crippen molar-refractivity contribution in [2.75, 3.05) is 0 Å². The molecule has 35 heavy (non-hydrogen) atoms. The zero-order chi connectivity index (χ0) is 24.6. The number of rotatable bonds is 3. The van der Waals surface area contributed by atoms with Crippen LogP contribution in [0.25, 0.3) is 43.6 Å².